The molecular weight excluding hydrogens is 250 g/mol. The van der Waals surface area contributed by atoms with Crippen LogP contribution in [0.15, 0.2) is 39.6 Å². The quantitative estimate of drug-likeness (QED) is 0.607. The maximum absolute atomic E-state index is 11.9. The summed E-state index contributed by atoms with van der Waals surface area (Å²) in [4.78, 5) is 15.8. The van der Waals surface area contributed by atoms with Crippen LogP contribution in [-0.4, -0.2) is 32.3 Å². The highest BCUT2D eigenvalue weighted by Crippen LogP contribution is 2.07. The van der Waals surface area contributed by atoms with Crippen molar-refractivity contribution in [1.82, 2.24) is 19.9 Å². The third-order valence-corrected chi connectivity index (χ3v) is 2.80. The molecule has 2 rings (SSSR count). The molecule has 0 amide bonds. The van der Waals surface area contributed by atoms with Crippen LogP contribution in [0.25, 0.3) is 0 Å². The number of hydrogen-bond acceptors (Lipinski definition) is 6. The average Bonchev–Trinajstić information content (AvgIpc) is 2.41. The van der Waals surface area contributed by atoms with Crippen molar-refractivity contribution in [2.75, 3.05) is 6.26 Å². The maximum Gasteiger partial charge on any atom is 0.296 e. The fourth-order valence-electron chi connectivity index (χ4n) is 1.25. The van der Waals surface area contributed by atoms with E-state index in [-0.39, 0.29) is 5.56 Å². The van der Waals surface area contributed by atoms with E-state index in [1.54, 1.807) is 37.7 Å². The van der Waals surface area contributed by atoms with E-state index in [2.05, 4.69) is 20.3 Å². The molecule has 0 atom stereocenters. The summed E-state index contributed by atoms with van der Waals surface area (Å²) in [6.07, 6.45) is 6.73. The minimum atomic E-state index is -0.264. The van der Waals surface area contributed by atoms with Crippen molar-refractivity contribution in [1.29, 1.82) is 0 Å². The molecular formula is C11H11N5OS. The number of aromatic nitrogens is 4. The second-order valence-corrected chi connectivity index (χ2v) is 4.19. The van der Waals surface area contributed by atoms with E-state index < -0.39 is 0 Å². The van der Waals surface area contributed by atoms with Crippen LogP contribution in [0.3, 0.4) is 0 Å². The van der Waals surface area contributed by atoms with Crippen molar-refractivity contribution in [3.05, 3.63) is 46.1 Å². The van der Waals surface area contributed by atoms with Crippen molar-refractivity contribution in [2.45, 2.75) is 12.1 Å². The van der Waals surface area contributed by atoms with Gasteiger partial charge in [0.05, 0.1) is 6.21 Å². The van der Waals surface area contributed by atoms with E-state index >= 15 is 0 Å². The van der Waals surface area contributed by atoms with Gasteiger partial charge in [-0.15, -0.1) is 10.2 Å². The molecule has 0 aliphatic heterocycles. The zero-order chi connectivity index (χ0) is 13.0. The minimum Gasteiger partial charge on any atom is -0.265 e. The van der Waals surface area contributed by atoms with Crippen LogP contribution in [0.5, 0.6) is 0 Å². The van der Waals surface area contributed by atoms with E-state index in [9.17, 15) is 4.79 Å². The second kappa shape index (κ2) is 5.54. The first-order valence-electron chi connectivity index (χ1n) is 5.17. The second-order valence-electron chi connectivity index (χ2n) is 3.41. The average molecular weight is 261 g/mol. The molecule has 0 radical (unpaired) electrons. The van der Waals surface area contributed by atoms with Gasteiger partial charge in [-0.05, 0) is 30.9 Å². The third kappa shape index (κ3) is 2.62. The highest BCUT2D eigenvalue weighted by molar-refractivity contribution is 7.98. The molecule has 0 aliphatic rings. The number of thioether (sulfide) groups is 1. The van der Waals surface area contributed by atoms with Gasteiger partial charge >= 0.3 is 0 Å². The lowest BCUT2D eigenvalue weighted by molar-refractivity contribution is 0.635. The van der Waals surface area contributed by atoms with Crippen molar-refractivity contribution in [3.8, 4) is 0 Å². The van der Waals surface area contributed by atoms with Gasteiger partial charge in [-0.1, -0.05) is 11.8 Å². The summed E-state index contributed by atoms with van der Waals surface area (Å²) in [5.74, 6) is 0. The Balaban J connectivity index is 2.43. The zero-order valence-corrected chi connectivity index (χ0v) is 10.8. The standard InChI is InChI=1S/C11H11N5OS/c1-8-10(17)16(11(18-2)15-14-8)13-7-9-3-5-12-6-4-9/h3-7H,1-2H3/b13-7-. The Bertz CT molecular complexity index is 623. The van der Waals surface area contributed by atoms with E-state index in [0.717, 1.165) is 5.56 Å². The van der Waals surface area contributed by atoms with Crippen LogP contribution in [0.2, 0.25) is 0 Å². The zero-order valence-electron chi connectivity index (χ0n) is 9.94. The molecule has 0 unspecified atom stereocenters. The van der Waals surface area contributed by atoms with E-state index in [0.29, 0.717) is 10.9 Å². The van der Waals surface area contributed by atoms with E-state index in [1.165, 1.54) is 16.4 Å². The normalized spacial score (nSPS) is 11.0. The van der Waals surface area contributed by atoms with Crippen molar-refractivity contribution < 1.29 is 0 Å². The van der Waals surface area contributed by atoms with Gasteiger partial charge < -0.3 is 0 Å². The maximum atomic E-state index is 11.9. The summed E-state index contributed by atoms with van der Waals surface area (Å²) < 4.78 is 1.24. The Morgan fingerprint density at radius 3 is 2.72 bits per heavy atom. The van der Waals surface area contributed by atoms with Gasteiger partial charge in [0, 0.05) is 12.4 Å². The molecule has 0 bridgehead atoms. The van der Waals surface area contributed by atoms with Gasteiger partial charge in [0.25, 0.3) is 5.56 Å². The number of pyridine rings is 1. The Labute approximate surface area is 108 Å². The summed E-state index contributed by atoms with van der Waals surface area (Å²) in [7, 11) is 0. The first-order valence-corrected chi connectivity index (χ1v) is 6.39. The molecule has 0 N–H and O–H groups in total. The fourth-order valence-corrected chi connectivity index (χ4v) is 1.67. The molecule has 92 valence electrons. The van der Waals surface area contributed by atoms with Crippen LogP contribution in [0.4, 0.5) is 0 Å². The van der Waals surface area contributed by atoms with Crippen LogP contribution < -0.4 is 5.56 Å². The summed E-state index contributed by atoms with van der Waals surface area (Å²) in [6, 6.07) is 3.60. The van der Waals surface area contributed by atoms with Crippen LogP contribution in [0.1, 0.15) is 11.3 Å². The van der Waals surface area contributed by atoms with Crippen molar-refractivity contribution in [2.24, 2.45) is 5.10 Å². The summed E-state index contributed by atoms with van der Waals surface area (Å²) >= 11 is 1.32. The smallest absolute Gasteiger partial charge is 0.265 e. The van der Waals surface area contributed by atoms with Gasteiger partial charge in [-0.3, -0.25) is 9.78 Å². The molecule has 6 nitrogen and oxygen atoms in total. The predicted molar refractivity (Wildman–Crippen MR) is 70.0 cm³/mol. The molecule has 2 aromatic heterocycles. The van der Waals surface area contributed by atoms with Gasteiger partial charge in [0.15, 0.2) is 0 Å². The summed E-state index contributed by atoms with van der Waals surface area (Å²) in [5, 5.41) is 12.3. The molecule has 0 fully saturated rings. The van der Waals surface area contributed by atoms with Gasteiger partial charge in [-0.25, -0.2) is 0 Å². The van der Waals surface area contributed by atoms with Gasteiger partial charge in [0.2, 0.25) is 5.16 Å². The highest BCUT2D eigenvalue weighted by atomic mass is 32.2. The van der Waals surface area contributed by atoms with Crippen LogP contribution >= 0.6 is 11.8 Å². The molecule has 18 heavy (non-hydrogen) atoms. The molecule has 0 aromatic carbocycles. The Morgan fingerprint density at radius 1 is 1.33 bits per heavy atom. The molecule has 2 heterocycles. The van der Waals surface area contributed by atoms with Gasteiger partial charge in [-0.2, -0.15) is 9.78 Å². The number of aryl methyl sites for hydroxylation is 1. The summed E-state index contributed by atoms with van der Waals surface area (Å²) in [5.41, 5.74) is 0.915. The molecule has 0 aliphatic carbocycles. The lowest BCUT2D eigenvalue weighted by atomic mass is 10.3. The molecule has 2 aromatic rings. The SMILES string of the molecule is CSc1nnc(C)c(=O)n1/N=C\c1ccncc1. The number of hydrogen-bond donors (Lipinski definition) is 0. The lowest BCUT2D eigenvalue weighted by Crippen LogP contribution is -2.23. The highest BCUT2D eigenvalue weighted by Gasteiger charge is 2.06. The summed E-state index contributed by atoms with van der Waals surface area (Å²) in [6.45, 7) is 1.61. The first kappa shape index (κ1) is 12.4. The Morgan fingerprint density at radius 2 is 2.06 bits per heavy atom. The number of rotatable bonds is 3. The van der Waals surface area contributed by atoms with Crippen molar-refractivity contribution >= 4 is 18.0 Å². The van der Waals surface area contributed by atoms with Gasteiger partial charge in [0.1, 0.15) is 5.69 Å². The van der Waals surface area contributed by atoms with Crippen LogP contribution in [-0.2, 0) is 0 Å². The molecule has 0 saturated carbocycles. The predicted octanol–water partition coefficient (Wildman–Crippen LogP) is 0.946. The topological polar surface area (TPSA) is 73.0 Å². The Hall–Kier alpha value is -2.02. The number of nitrogens with zero attached hydrogens (tertiary/aromatic N) is 5. The Kier molecular flexibility index (Phi) is 3.83. The fraction of sp³-hybridized carbons (Fsp3) is 0.182. The van der Waals surface area contributed by atoms with E-state index in [1.807, 2.05) is 6.26 Å². The van der Waals surface area contributed by atoms with Crippen LogP contribution in [0, 0.1) is 6.92 Å². The van der Waals surface area contributed by atoms with Crippen molar-refractivity contribution in [3.63, 3.8) is 0 Å². The molecule has 7 heteroatoms. The lowest BCUT2D eigenvalue weighted by Gasteiger charge is -2.03. The third-order valence-electron chi connectivity index (χ3n) is 2.18. The minimum absolute atomic E-state index is 0.264. The van der Waals surface area contributed by atoms with E-state index in [4.69, 9.17) is 0 Å². The molecule has 0 spiro atoms. The first-order chi connectivity index (χ1) is 8.72. The molecule has 0 saturated heterocycles. The monoisotopic (exact) mass is 261 g/mol. The largest absolute Gasteiger partial charge is 0.296 e.